The summed E-state index contributed by atoms with van der Waals surface area (Å²) in [5.74, 6) is -0.754. The standard InChI is InChI=1S/C16H12F2N4O3/c1-9-6-13(21-24-9)16-20-15(25-22-16)8-19-14(23)5-2-10-7-11(17)3-4-12(10)18/h2-7H,8H2,1H3,(H,19,23)/b5-2-. The smallest absolute Gasteiger partial charge is 0.246 e. The van der Waals surface area contributed by atoms with Crippen molar-refractivity contribution in [1.82, 2.24) is 20.6 Å². The fourth-order valence-corrected chi connectivity index (χ4v) is 1.93. The predicted octanol–water partition coefficient (Wildman–Crippen LogP) is 2.64. The molecule has 0 spiro atoms. The Bertz CT molecular complexity index is 933. The van der Waals surface area contributed by atoms with Crippen molar-refractivity contribution in [2.45, 2.75) is 13.5 Å². The van der Waals surface area contributed by atoms with Gasteiger partial charge in [0.1, 0.15) is 17.4 Å². The van der Waals surface area contributed by atoms with E-state index in [0.29, 0.717) is 11.5 Å². The summed E-state index contributed by atoms with van der Waals surface area (Å²) in [4.78, 5) is 15.8. The van der Waals surface area contributed by atoms with Crippen molar-refractivity contribution in [3.63, 3.8) is 0 Å². The molecule has 0 aliphatic rings. The molecule has 3 aromatic rings. The number of carbonyl (C=O) groups is 1. The van der Waals surface area contributed by atoms with Gasteiger partial charge in [0.25, 0.3) is 0 Å². The minimum absolute atomic E-state index is 0.0291. The van der Waals surface area contributed by atoms with E-state index in [0.717, 1.165) is 24.3 Å². The lowest BCUT2D eigenvalue weighted by Gasteiger charge is -1.98. The Morgan fingerprint density at radius 2 is 2.08 bits per heavy atom. The Kier molecular flexibility index (Phi) is 4.64. The molecule has 2 aromatic heterocycles. The summed E-state index contributed by atoms with van der Waals surface area (Å²) in [7, 11) is 0. The summed E-state index contributed by atoms with van der Waals surface area (Å²) in [6.07, 6.45) is 2.25. The zero-order valence-corrected chi connectivity index (χ0v) is 13.0. The summed E-state index contributed by atoms with van der Waals surface area (Å²) in [5.41, 5.74) is 0.386. The van der Waals surface area contributed by atoms with Gasteiger partial charge in [-0.05, 0) is 31.2 Å². The first-order valence-corrected chi connectivity index (χ1v) is 7.18. The summed E-state index contributed by atoms with van der Waals surface area (Å²) in [5, 5.41) is 9.96. The van der Waals surface area contributed by atoms with Crippen LogP contribution < -0.4 is 5.32 Å². The first-order chi connectivity index (χ1) is 12.0. The number of nitrogens with zero attached hydrogens (tertiary/aromatic N) is 3. The zero-order chi connectivity index (χ0) is 17.8. The quantitative estimate of drug-likeness (QED) is 0.714. The number of carbonyl (C=O) groups excluding carboxylic acids is 1. The predicted molar refractivity (Wildman–Crippen MR) is 81.8 cm³/mol. The molecule has 1 aromatic carbocycles. The van der Waals surface area contributed by atoms with E-state index in [4.69, 9.17) is 9.05 Å². The molecule has 0 atom stereocenters. The van der Waals surface area contributed by atoms with Gasteiger partial charge in [-0.3, -0.25) is 4.79 Å². The monoisotopic (exact) mass is 346 g/mol. The lowest BCUT2D eigenvalue weighted by molar-refractivity contribution is -0.116. The number of aromatic nitrogens is 3. The van der Waals surface area contributed by atoms with Crippen molar-refractivity contribution in [3.05, 3.63) is 59.2 Å². The SMILES string of the molecule is Cc1cc(-c2noc(CNC(=O)/C=C\c3cc(F)ccc3F)n2)no1. The van der Waals surface area contributed by atoms with Crippen LogP contribution in [0.2, 0.25) is 0 Å². The van der Waals surface area contributed by atoms with Crippen LogP contribution >= 0.6 is 0 Å². The molecule has 0 fully saturated rings. The van der Waals surface area contributed by atoms with Crippen molar-refractivity contribution in [2.75, 3.05) is 0 Å². The second-order valence-electron chi connectivity index (χ2n) is 5.05. The van der Waals surface area contributed by atoms with Gasteiger partial charge in [0.05, 0.1) is 6.54 Å². The van der Waals surface area contributed by atoms with Crippen molar-refractivity contribution in [3.8, 4) is 11.5 Å². The van der Waals surface area contributed by atoms with E-state index in [2.05, 4.69) is 20.6 Å². The van der Waals surface area contributed by atoms with Gasteiger partial charge in [-0.25, -0.2) is 8.78 Å². The number of amides is 1. The fraction of sp³-hybridized carbons (Fsp3) is 0.125. The van der Waals surface area contributed by atoms with E-state index in [9.17, 15) is 13.6 Å². The summed E-state index contributed by atoms with van der Waals surface area (Å²) in [6, 6.07) is 4.61. The third kappa shape index (κ3) is 4.14. The highest BCUT2D eigenvalue weighted by atomic mass is 19.1. The van der Waals surface area contributed by atoms with Gasteiger partial charge in [-0.15, -0.1) is 0 Å². The van der Waals surface area contributed by atoms with Gasteiger partial charge in [0, 0.05) is 17.7 Å². The molecule has 1 amide bonds. The second kappa shape index (κ2) is 7.04. The highest BCUT2D eigenvalue weighted by Crippen LogP contribution is 2.15. The maximum absolute atomic E-state index is 13.4. The summed E-state index contributed by atoms with van der Waals surface area (Å²) < 4.78 is 36.4. The zero-order valence-electron chi connectivity index (χ0n) is 13.0. The van der Waals surface area contributed by atoms with E-state index in [1.807, 2.05) is 0 Å². The molecule has 0 unspecified atom stereocenters. The molecule has 3 rings (SSSR count). The topological polar surface area (TPSA) is 94.1 Å². The van der Waals surface area contributed by atoms with Crippen LogP contribution in [0.1, 0.15) is 17.2 Å². The van der Waals surface area contributed by atoms with Crippen LogP contribution in [-0.4, -0.2) is 21.2 Å². The molecule has 1 N–H and O–H groups in total. The third-order valence-electron chi connectivity index (χ3n) is 3.11. The average molecular weight is 346 g/mol. The largest absolute Gasteiger partial charge is 0.361 e. The van der Waals surface area contributed by atoms with E-state index >= 15 is 0 Å². The van der Waals surface area contributed by atoms with E-state index < -0.39 is 17.5 Å². The van der Waals surface area contributed by atoms with Crippen LogP contribution in [0.15, 0.2) is 39.4 Å². The normalized spacial score (nSPS) is 11.2. The van der Waals surface area contributed by atoms with E-state index in [-0.39, 0.29) is 23.8 Å². The third-order valence-corrected chi connectivity index (χ3v) is 3.11. The minimum Gasteiger partial charge on any atom is -0.361 e. The molecule has 0 saturated heterocycles. The Labute approximate surface area is 140 Å². The number of hydrogen-bond donors (Lipinski definition) is 1. The highest BCUT2D eigenvalue weighted by Gasteiger charge is 2.12. The van der Waals surface area contributed by atoms with Crippen LogP contribution in [0.3, 0.4) is 0 Å². The van der Waals surface area contributed by atoms with Crippen LogP contribution in [0.4, 0.5) is 8.78 Å². The van der Waals surface area contributed by atoms with Gasteiger partial charge in [-0.1, -0.05) is 10.3 Å². The molecule has 25 heavy (non-hydrogen) atoms. The molecule has 0 saturated carbocycles. The molecule has 0 aliphatic heterocycles. The first kappa shape index (κ1) is 16.5. The fourth-order valence-electron chi connectivity index (χ4n) is 1.93. The van der Waals surface area contributed by atoms with Crippen molar-refractivity contribution >= 4 is 12.0 Å². The Hall–Kier alpha value is -3.36. The summed E-state index contributed by atoms with van der Waals surface area (Å²) in [6.45, 7) is 1.70. The van der Waals surface area contributed by atoms with Gasteiger partial charge in [0.15, 0.2) is 5.69 Å². The van der Waals surface area contributed by atoms with Gasteiger partial charge in [0.2, 0.25) is 17.6 Å². The lowest BCUT2D eigenvalue weighted by Crippen LogP contribution is -2.20. The van der Waals surface area contributed by atoms with Gasteiger partial charge >= 0.3 is 0 Å². The van der Waals surface area contributed by atoms with Crippen LogP contribution in [0.5, 0.6) is 0 Å². The van der Waals surface area contributed by atoms with Crippen molar-refractivity contribution in [2.24, 2.45) is 0 Å². The van der Waals surface area contributed by atoms with E-state index in [1.54, 1.807) is 13.0 Å². The maximum Gasteiger partial charge on any atom is 0.246 e. The number of aryl methyl sites for hydroxylation is 1. The summed E-state index contributed by atoms with van der Waals surface area (Å²) >= 11 is 0. The molecule has 0 bridgehead atoms. The Balaban J connectivity index is 1.58. The van der Waals surface area contributed by atoms with Gasteiger partial charge < -0.3 is 14.4 Å². The molecule has 2 heterocycles. The van der Waals surface area contributed by atoms with Crippen molar-refractivity contribution < 1.29 is 22.6 Å². The Morgan fingerprint density at radius 3 is 2.84 bits per heavy atom. The van der Waals surface area contributed by atoms with Crippen LogP contribution in [0.25, 0.3) is 17.6 Å². The average Bonchev–Trinajstić information content (AvgIpc) is 3.22. The lowest BCUT2D eigenvalue weighted by atomic mass is 10.2. The van der Waals surface area contributed by atoms with Crippen molar-refractivity contribution in [1.29, 1.82) is 0 Å². The molecule has 128 valence electrons. The molecular formula is C16H12F2N4O3. The molecule has 9 heteroatoms. The van der Waals surface area contributed by atoms with Gasteiger partial charge in [-0.2, -0.15) is 4.98 Å². The number of nitrogens with one attached hydrogen (secondary N) is 1. The molecule has 0 radical (unpaired) electrons. The molecular weight excluding hydrogens is 334 g/mol. The minimum atomic E-state index is -0.630. The highest BCUT2D eigenvalue weighted by molar-refractivity contribution is 5.91. The number of hydrogen-bond acceptors (Lipinski definition) is 6. The number of rotatable bonds is 5. The second-order valence-corrected chi connectivity index (χ2v) is 5.05. The number of benzene rings is 1. The van der Waals surface area contributed by atoms with E-state index in [1.165, 1.54) is 6.08 Å². The number of halogens is 2. The van der Waals surface area contributed by atoms with Crippen LogP contribution in [-0.2, 0) is 11.3 Å². The molecule has 0 aliphatic carbocycles. The molecule has 7 nitrogen and oxygen atoms in total. The van der Waals surface area contributed by atoms with Crippen LogP contribution in [0, 0.1) is 18.6 Å². The first-order valence-electron chi connectivity index (χ1n) is 7.18. The Morgan fingerprint density at radius 1 is 1.24 bits per heavy atom. The maximum atomic E-state index is 13.4.